The first-order valence-electron chi connectivity index (χ1n) is 8.68. The second-order valence-electron chi connectivity index (χ2n) is 6.53. The van der Waals surface area contributed by atoms with Crippen molar-refractivity contribution in [1.29, 1.82) is 0 Å². The summed E-state index contributed by atoms with van der Waals surface area (Å²) in [7, 11) is 1.61. The smallest absolute Gasteiger partial charge is 0.241 e. The lowest BCUT2D eigenvalue weighted by Gasteiger charge is -2.26. The van der Waals surface area contributed by atoms with Gasteiger partial charge in [0, 0.05) is 10.9 Å². The van der Waals surface area contributed by atoms with Crippen LogP contribution in [0.15, 0.2) is 48.5 Å². The summed E-state index contributed by atoms with van der Waals surface area (Å²) < 4.78 is 5.49. The van der Waals surface area contributed by atoms with Crippen LogP contribution in [0.5, 0.6) is 5.75 Å². The summed E-state index contributed by atoms with van der Waals surface area (Å²) in [6, 6.07) is 15.6. The lowest BCUT2D eigenvalue weighted by molar-refractivity contribution is -0.117. The number of halogens is 1. The maximum atomic E-state index is 13.0. The van der Waals surface area contributed by atoms with E-state index in [1.165, 1.54) is 0 Å². The van der Waals surface area contributed by atoms with E-state index in [2.05, 4.69) is 4.98 Å². The highest BCUT2D eigenvalue weighted by Crippen LogP contribution is 2.49. The normalized spacial score (nSPS) is 19.7. The molecule has 1 amide bonds. The number of amides is 1. The van der Waals surface area contributed by atoms with Crippen LogP contribution in [0.2, 0.25) is 5.15 Å². The number of methoxy groups -OCH3 is 1. The predicted octanol–water partition coefficient (Wildman–Crippen LogP) is 5.37. The Morgan fingerprint density at radius 3 is 2.74 bits per heavy atom. The van der Waals surface area contributed by atoms with E-state index in [4.69, 9.17) is 16.3 Å². The Balaban J connectivity index is 1.88. The third-order valence-electron chi connectivity index (χ3n) is 4.79. The van der Waals surface area contributed by atoms with Gasteiger partial charge in [0.05, 0.1) is 23.6 Å². The number of fused-ring (bicyclic) bond motifs is 1. The number of carbonyl (C=O) groups excluding carboxylic acids is 1. The van der Waals surface area contributed by atoms with Crippen LogP contribution in [0.25, 0.3) is 10.9 Å². The molecular weight excluding hydrogens is 380 g/mol. The van der Waals surface area contributed by atoms with Crippen molar-refractivity contribution >= 4 is 45.9 Å². The Labute approximate surface area is 167 Å². The van der Waals surface area contributed by atoms with Gasteiger partial charge < -0.3 is 4.74 Å². The second kappa shape index (κ2) is 7.06. The molecule has 4 rings (SSSR count). The van der Waals surface area contributed by atoms with Crippen molar-refractivity contribution in [2.45, 2.75) is 24.5 Å². The fourth-order valence-corrected chi connectivity index (χ4v) is 5.01. The van der Waals surface area contributed by atoms with Gasteiger partial charge >= 0.3 is 0 Å². The Hall–Kier alpha value is -2.24. The summed E-state index contributed by atoms with van der Waals surface area (Å²) >= 11 is 8.16. The van der Waals surface area contributed by atoms with Gasteiger partial charge in [0.25, 0.3) is 0 Å². The monoisotopic (exact) mass is 398 g/mol. The molecule has 0 aliphatic carbocycles. The molecule has 2 atom stereocenters. The summed E-state index contributed by atoms with van der Waals surface area (Å²) in [6.45, 7) is 3.93. The summed E-state index contributed by atoms with van der Waals surface area (Å²) in [5, 5.41) is 1.01. The zero-order valence-corrected chi connectivity index (χ0v) is 16.8. The molecule has 0 N–H and O–H groups in total. The van der Waals surface area contributed by atoms with Crippen molar-refractivity contribution in [1.82, 2.24) is 4.98 Å². The number of pyridine rings is 1. The van der Waals surface area contributed by atoms with Crippen LogP contribution >= 0.6 is 23.4 Å². The van der Waals surface area contributed by atoms with Crippen molar-refractivity contribution in [3.05, 3.63) is 64.8 Å². The molecule has 2 heterocycles. The van der Waals surface area contributed by atoms with Crippen molar-refractivity contribution in [2.75, 3.05) is 12.0 Å². The number of thioether (sulfide) groups is 1. The molecule has 0 unspecified atom stereocenters. The van der Waals surface area contributed by atoms with Crippen molar-refractivity contribution < 1.29 is 9.53 Å². The highest BCUT2D eigenvalue weighted by Gasteiger charge is 2.41. The fourth-order valence-electron chi connectivity index (χ4n) is 3.42. The first kappa shape index (κ1) is 18.1. The minimum absolute atomic E-state index is 0.0369. The molecule has 27 heavy (non-hydrogen) atoms. The van der Waals surface area contributed by atoms with Crippen LogP contribution in [0, 0.1) is 6.92 Å². The predicted molar refractivity (Wildman–Crippen MR) is 112 cm³/mol. The van der Waals surface area contributed by atoms with Gasteiger partial charge in [-0.3, -0.25) is 9.69 Å². The van der Waals surface area contributed by atoms with Crippen LogP contribution in [-0.4, -0.2) is 23.3 Å². The number of hydrogen-bond donors (Lipinski definition) is 0. The summed E-state index contributed by atoms with van der Waals surface area (Å²) in [4.78, 5) is 19.4. The molecule has 0 spiro atoms. The number of ether oxygens (including phenoxy) is 1. The fraction of sp³-hybridized carbons (Fsp3) is 0.238. The van der Waals surface area contributed by atoms with E-state index in [-0.39, 0.29) is 16.5 Å². The summed E-state index contributed by atoms with van der Waals surface area (Å²) in [5.74, 6) is 0.696. The zero-order chi connectivity index (χ0) is 19.1. The molecule has 0 bridgehead atoms. The van der Waals surface area contributed by atoms with E-state index in [1.807, 2.05) is 62.4 Å². The highest BCUT2D eigenvalue weighted by molar-refractivity contribution is 8.01. The molecule has 6 heteroatoms. The topological polar surface area (TPSA) is 42.4 Å². The number of benzene rings is 2. The molecule has 3 aromatic rings. The van der Waals surface area contributed by atoms with Gasteiger partial charge in [-0.1, -0.05) is 41.9 Å². The van der Waals surface area contributed by atoms with E-state index in [9.17, 15) is 4.79 Å². The molecule has 138 valence electrons. The maximum Gasteiger partial charge on any atom is 0.241 e. The molecule has 1 saturated heterocycles. The number of hydrogen-bond acceptors (Lipinski definition) is 4. The maximum absolute atomic E-state index is 13.0. The van der Waals surface area contributed by atoms with Crippen molar-refractivity contribution in [3.8, 4) is 5.75 Å². The van der Waals surface area contributed by atoms with Crippen molar-refractivity contribution in [2.24, 2.45) is 0 Å². The van der Waals surface area contributed by atoms with Crippen LogP contribution in [0.1, 0.15) is 23.4 Å². The largest absolute Gasteiger partial charge is 0.495 e. The number of para-hydroxylation sites is 3. The first-order valence-corrected chi connectivity index (χ1v) is 10.0. The van der Waals surface area contributed by atoms with Gasteiger partial charge in [0.1, 0.15) is 16.3 Å². The van der Waals surface area contributed by atoms with Crippen LogP contribution < -0.4 is 9.64 Å². The number of nitrogens with zero attached hydrogens (tertiary/aromatic N) is 2. The molecule has 1 aliphatic heterocycles. The van der Waals surface area contributed by atoms with Gasteiger partial charge in [-0.05, 0) is 37.6 Å². The quantitative estimate of drug-likeness (QED) is 0.556. The van der Waals surface area contributed by atoms with Crippen LogP contribution in [0.4, 0.5) is 5.69 Å². The van der Waals surface area contributed by atoms with Gasteiger partial charge in [0.2, 0.25) is 5.91 Å². The number of rotatable bonds is 3. The first-order chi connectivity index (χ1) is 13.0. The van der Waals surface area contributed by atoms with E-state index in [0.29, 0.717) is 10.9 Å². The lowest BCUT2D eigenvalue weighted by Crippen LogP contribution is -2.30. The molecule has 1 aromatic heterocycles. The molecule has 1 fully saturated rings. The zero-order valence-electron chi connectivity index (χ0n) is 15.3. The van der Waals surface area contributed by atoms with E-state index < -0.39 is 0 Å². The third-order valence-corrected chi connectivity index (χ3v) is 6.43. The number of aromatic nitrogens is 1. The molecule has 1 aliphatic rings. The Kier molecular flexibility index (Phi) is 4.74. The molecule has 0 saturated carbocycles. The van der Waals surface area contributed by atoms with Crippen LogP contribution in [0.3, 0.4) is 0 Å². The van der Waals surface area contributed by atoms with E-state index in [1.54, 1.807) is 23.8 Å². The third kappa shape index (κ3) is 3.05. The number of aryl methyl sites for hydroxylation is 1. The van der Waals surface area contributed by atoms with Crippen molar-refractivity contribution in [3.63, 3.8) is 0 Å². The SMILES string of the molecule is COc1ccccc1N1C(=O)[C@H](C)S[C@@H]1c1cc2cccc(C)c2nc1Cl. The minimum atomic E-state index is -0.256. The Morgan fingerprint density at radius 1 is 1.19 bits per heavy atom. The van der Waals surface area contributed by atoms with Crippen LogP contribution in [-0.2, 0) is 4.79 Å². The van der Waals surface area contributed by atoms with E-state index in [0.717, 1.165) is 27.7 Å². The van der Waals surface area contributed by atoms with E-state index >= 15 is 0 Å². The van der Waals surface area contributed by atoms with Gasteiger partial charge in [-0.2, -0.15) is 0 Å². The highest BCUT2D eigenvalue weighted by atomic mass is 35.5. The lowest BCUT2D eigenvalue weighted by atomic mass is 10.1. The standard InChI is InChI=1S/C21H19ClN2O2S/c1-12-7-6-8-14-11-15(19(22)23-18(12)14)21-24(20(25)13(2)27-21)16-9-4-5-10-17(16)26-3/h4-11,13,21H,1-3H3/t13-,21+/m0/s1. The number of carbonyl (C=O) groups is 1. The Morgan fingerprint density at radius 2 is 1.96 bits per heavy atom. The second-order valence-corrected chi connectivity index (χ2v) is 8.31. The minimum Gasteiger partial charge on any atom is -0.495 e. The summed E-state index contributed by atoms with van der Waals surface area (Å²) in [5.41, 5.74) is 3.54. The molecule has 0 radical (unpaired) electrons. The molecular formula is C21H19ClN2O2S. The molecule has 4 nitrogen and oxygen atoms in total. The van der Waals surface area contributed by atoms with Gasteiger partial charge in [0.15, 0.2) is 0 Å². The van der Waals surface area contributed by atoms with Gasteiger partial charge in [-0.25, -0.2) is 4.98 Å². The molecule has 2 aromatic carbocycles. The average Bonchev–Trinajstić information content (AvgIpc) is 2.96. The Bertz CT molecular complexity index is 1040. The summed E-state index contributed by atoms with van der Waals surface area (Å²) in [6.07, 6.45) is 0. The number of anilines is 1. The average molecular weight is 399 g/mol. The van der Waals surface area contributed by atoms with Gasteiger partial charge in [-0.15, -0.1) is 11.8 Å².